The van der Waals surface area contributed by atoms with Gasteiger partial charge < -0.3 is 20.3 Å². The average Bonchev–Trinajstić information content (AvgIpc) is 2.85. The van der Waals surface area contributed by atoms with Crippen molar-refractivity contribution in [1.82, 2.24) is 20.5 Å². The lowest BCUT2D eigenvalue weighted by molar-refractivity contribution is -0.125. The van der Waals surface area contributed by atoms with Crippen molar-refractivity contribution >= 4 is 33.1 Å². The van der Waals surface area contributed by atoms with Crippen molar-refractivity contribution in [2.75, 3.05) is 28.3 Å². The Labute approximate surface area is 200 Å². The maximum absolute atomic E-state index is 11.4. The zero-order chi connectivity index (χ0) is 25.8. The van der Waals surface area contributed by atoms with Gasteiger partial charge in [0.2, 0.25) is 18.2 Å². The summed E-state index contributed by atoms with van der Waals surface area (Å²) >= 11 is 0. The third kappa shape index (κ3) is 12.7. The fourth-order valence-corrected chi connectivity index (χ4v) is 2.59. The molecular formula is C24H39N4O4P. The minimum Gasteiger partial charge on any atom is -0.481 e. The van der Waals surface area contributed by atoms with Gasteiger partial charge in [-0.3, -0.25) is 14.4 Å². The number of ether oxygens (including phenoxy) is 1. The van der Waals surface area contributed by atoms with Crippen LogP contribution in [-0.2, 0) is 16.1 Å². The monoisotopic (exact) mass is 478 g/mol. The normalized spacial score (nSPS) is 10.0. The van der Waals surface area contributed by atoms with Gasteiger partial charge in [0.1, 0.15) is 6.04 Å². The minimum absolute atomic E-state index is 0.237. The zero-order valence-corrected chi connectivity index (χ0v) is 22.2. The molecule has 1 aromatic carbocycles. The quantitative estimate of drug-likeness (QED) is 0.447. The van der Waals surface area contributed by atoms with Crippen LogP contribution in [0.3, 0.4) is 0 Å². The summed E-state index contributed by atoms with van der Waals surface area (Å²) in [4.78, 5) is 38.6. The number of methoxy groups -OCH3 is 1. The standard InChI is InChI=1S/C10H13N2O2P.C10H14N2O2.2C2H6/c1-11-10(14)9(12-6-13)7-2-4-8(15)5-3-7;1-12(2)6-9-5-11-10(14-3)4-8(9)7-13;2*1-2/h2-6,9H,15H2,1H3,(H,11,14)(H,12,13);4-5,7H,6H2,1-3H3;2*1-2H3. The first kappa shape index (κ1) is 32.4. The van der Waals surface area contributed by atoms with Crippen LogP contribution in [0.4, 0.5) is 0 Å². The third-order valence-corrected chi connectivity index (χ3v) is 4.22. The van der Waals surface area contributed by atoms with E-state index in [-0.39, 0.29) is 5.91 Å². The molecule has 2 N–H and O–H groups in total. The maximum Gasteiger partial charge on any atom is 0.246 e. The number of likely N-dealkylation sites (N-methyl/N-ethyl adjacent to an activating group) is 1. The summed E-state index contributed by atoms with van der Waals surface area (Å²) in [6, 6.07) is 8.35. The second kappa shape index (κ2) is 19.8. The van der Waals surface area contributed by atoms with Crippen LogP contribution in [0.1, 0.15) is 55.2 Å². The lowest BCUT2D eigenvalue weighted by Crippen LogP contribution is -2.35. The smallest absolute Gasteiger partial charge is 0.246 e. The molecule has 184 valence electrons. The lowest BCUT2D eigenvalue weighted by Gasteiger charge is -2.14. The highest BCUT2D eigenvalue weighted by atomic mass is 31.0. The summed E-state index contributed by atoms with van der Waals surface area (Å²) in [6.07, 6.45) is 3.01. The third-order valence-electron chi connectivity index (χ3n) is 3.83. The predicted octanol–water partition coefficient (Wildman–Crippen LogP) is 2.74. The fourth-order valence-electron chi connectivity index (χ4n) is 2.40. The summed E-state index contributed by atoms with van der Waals surface area (Å²) in [5.74, 6) is 0.230. The number of aromatic nitrogens is 1. The van der Waals surface area contributed by atoms with Crippen LogP contribution < -0.4 is 20.7 Å². The van der Waals surface area contributed by atoms with E-state index in [2.05, 4.69) is 24.9 Å². The van der Waals surface area contributed by atoms with Crippen LogP contribution in [-0.4, -0.2) is 56.7 Å². The maximum atomic E-state index is 11.4. The van der Waals surface area contributed by atoms with Crippen LogP contribution in [0.5, 0.6) is 5.88 Å². The Balaban J connectivity index is 0. The van der Waals surface area contributed by atoms with Crippen molar-refractivity contribution in [2.24, 2.45) is 0 Å². The number of carbonyl (C=O) groups excluding carboxylic acids is 3. The second-order valence-electron chi connectivity index (χ2n) is 6.28. The van der Waals surface area contributed by atoms with E-state index >= 15 is 0 Å². The van der Waals surface area contributed by atoms with E-state index in [9.17, 15) is 14.4 Å². The van der Waals surface area contributed by atoms with Gasteiger partial charge in [-0.1, -0.05) is 52.0 Å². The molecule has 2 amide bonds. The minimum atomic E-state index is -0.627. The molecule has 0 radical (unpaired) electrons. The van der Waals surface area contributed by atoms with E-state index in [0.29, 0.717) is 24.4 Å². The van der Waals surface area contributed by atoms with Gasteiger partial charge in [0.15, 0.2) is 6.29 Å². The molecule has 2 atom stereocenters. The van der Waals surface area contributed by atoms with Crippen LogP contribution >= 0.6 is 9.24 Å². The van der Waals surface area contributed by atoms with Crippen molar-refractivity contribution in [3.8, 4) is 5.88 Å². The van der Waals surface area contributed by atoms with Crippen LogP contribution in [0, 0.1) is 0 Å². The van der Waals surface area contributed by atoms with Gasteiger partial charge in [-0.15, -0.1) is 9.24 Å². The van der Waals surface area contributed by atoms with Crippen LogP contribution in [0.15, 0.2) is 36.5 Å². The molecule has 2 unspecified atom stereocenters. The molecule has 0 spiro atoms. The number of aldehydes is 1. The molecule has 33 heavy (non-hydrogen) atoms. The molecule has 2 rings (SSSR count). The van der Waals surface area contributed by atoms with Gasteiger partial charge in [0.05, 0.1) is 7.11 Å². The van der Waals surface area contributed by atoms with E-state index in [1.54, 1.807) is 24.4 Å². The molecule has 1 aromatic heterocycles. The van der Waals surface area contributed by atoms with Crippen LogP contribution in [0.2, 0.25) is 0 Å². The molecular weight excluding hydrogens is 439 g/mol. The summed E-state index contributed by atoms with van der Waals surface area (Å²) < 4.78 is 4.93. The Morgan fingerprint density at radius 2 is 1.73 bits per heavy atom. The fraction of sp³-hybridized carbons (Fsp3) is 0.417. The molecule has 0 aliphatic heterocycles. The number of nitrogens with zero attached hydrogens (tertiary/aromatic N) is 2. The van der Waals surface area contributed by atoms with E-state index < -0.39 is 6.04 Å². The Morgan fingerprint density at radius 3 is 2.15 bits per heavy atom. The molecule has 0 aliphatic rings. The molecule has 1 heterocycles. The summed E-state index contributed by atoms with van der Waals surface area (Å²) in [5, 5.41) is 6.00. The van der Waals surface area contributed by atoms with Crippen LogP contribution in [0.25, 0.3) is 0 Å². The lowest BCUT2D eigenvalue weighted by atomic mass is 10.1. The van der Waals surface area contributed by atoms with E-state index in [1.165, 1.54) is 14.2 Å². The Morgan fingerprint density at radius 1 is 1.15 bits per heavy atom. The Bertz CT molecular complexity index is 815. The van der Waals surface area contributed by atoms with Gasteiger partial charge >= 0.3 is 0 Å². The number of benzene rings is 1. The molecule has 2 aromatic rings. The van der Waals surface area contributed by atoms with Crippen molar-refractivity contribution in [1.29, 1.82) is 0 Å². The summed E-state index contributed by atoms with van der Waals surface area (Å²) in [6.45, 7) is 8.70. The number of rotatable bonds is 8. The number of pyridine rings is 1. The highest BCUT2D eigenvalue weighted by molar-refractivity contribution is 7.27. The molecule has 9 heteroatoms. The Kier molecular flexibility index (Phi) is 19.4. The van der Waals surface area contributed by atoms with Gasteiger partial charge in [-0.2, -0.15) is 0 Å². The average molecular weight is 479 g/mol. The summed E-state index contributed by atoms with van der Waals surface area (Å²) in [5.41, 5.74) is 2.30. The molecule has 0 saturated carbocycles. The van der Waals surface area contributed by atoms with Gasteiger partial charge in [0, 0.05) is 31.4 Å². The van der Waals surface area contributed by atoms with Gasteiger partial charge in [0.25, 0.3) is 0 Å². The molecule has 0 aliphatic carbocycles. The topological polar surface area (TPSA) is 101 Å². The first-order valence-electron chi connectivity index (χ1n) is 10.8. The SMILES string of the molecule is CC.CC.CNC(=O)C(NC=O)c1ccc(P)cc1.COc1cc(C=O)c(CN(C)C)cn1. The van der Waals surface area contributed by atoms with Crippen molar-refractivity contribution in [2.45, 2.75) is 40.3 Å². The number of nitrogens with one attached hydrogen (secondary N) is 2. The highest BCUT2D eigenvalue weighted by Crippen LogP contribution is 2.13. The molecule has 0 bridgehead atoms. The van der Waals surface area contributed by atoms with Crippen molar-refractivity contribution in [3.63, 3.8) is 0 Å². The zero-order valence-electron chi connectivity index (χ0n) is 21.0. The first-order valence-corrected chi connectivity index (χ1v) is 11.3. The first-order chi connectivity index (χ1) is 15.9. The van der Waals surface area contributed by atoms with E-state index in [1.807, 2.05) is 58.8 Å². The molecule has 0 saturated heterocycles. The predicted molar refractivity (Wildman–Crippen MR) is 138 cm³/mol. The highest BCUT2D eigenvalue weighted by Gasteiger charge is 2.17. The van der Waals surface area contributed by atoms with E-state index in [4.69, 9.17) is 4.74 Å². The molecule has 8 nitrogen and oxygen atoms in total. The second-order valence-corrected chi connectivity index (χ2v) is 6.95. The number of hydrogen-bond acceptors (Lipinski definition) is 6. The largest absolute Gasteiger partial charge is 0.481 e. The van der Waals surface area contributed by atoms with Gasteiger partial charge in [-0.05, 0) is 30.5 Å². The van der Waals surface area contributed by atoms with E-state index in [0.717, 1.165) is 22.7 Å². The Hall–Kier alpha value is -2.83. The molecule has 0 fully saturated rings. The number of hydrogen-bond donors (Lipinski definition) is 2. The van der Waals surface area contributed by atoms with Gasteiger partial charge in [-0.25, -0.2) is 4.98 Å². The number of carbonyl (C=O) groups is 3. The number of amides is 2. The summed E-state index contributed by atoms with van der Waals surface area (Å²) in [7, 11) is 9.51. The van der Waals surface area contributed by atoms with Crippen molar-refractivity contribution in [3.05, 3.63) is 53.2 Å². The van der Waals surface area contributed by atoms with Crippen molar-refractivity contribution < 1.29 is 19.1 Å².